The summed E-state index contributed by atoms with van der Waals surface area (Å²) in [6.45, 7) is 0. The summed E-state index contributed by atoms with van der Waals surface area (Å²) >= 11 is 0. The maximum atomic E-state index is 12.7. The summed E-state index contributed by atoms with van der Waals surface area (Å²) in [6, 6.07) is 25.2. The fraction of sp³-hybridized carbons (Fsp3) is 0.0769. The van der Waals surface area contributed by atoms with E-state index in [0.717, 1.165) is 21.5 Å². The van der Waals surface area contributed by atoms with E-state index in [2.05, 4.69) is 0 Å². The van der Waals surface area contributed by atoms with Gasteiger partial charge < -0.3 is 18.7 Å². The van der Waals surface area contributed by atoms with E-state index in [9.17, 15) is 24.3 Å². The maximum absolute atomic E-state index is 12.7. The third kappa shape index (κ3) is 5.25. The number of methoxy groups -OCH3 is 1. The van der Waals surface area contributed by atoms with Gasteiger partial charge in [0.25, 0.3) is 0 Å². The van der Waals surface area contributed by atoms with Crippen molar-refractivity contribution in [3.05, 3.63) is 166 Å². The lowest BCUT2D eigenvalue weighted by Crippen LogP contribution is -2.27. The van der Waals surface area contributed by atoms with Gasteiger partial charge in [-0.05, 0) is 82.3 Å². The first-order valence-electron chi connectivity index (χ1n) is 14.7. The fourth-order valence-electron chi connectivity index (χ4n) is 5.87. The number of fused-ring (bicyclic) bond motifs is 6. The molecule has 8 rings (SSSR count). The number of ketones is 2. The second kappa shape index (κ2) is 11.4. The van der Waals surface area contributed by atoms with E-state index in [1.807, 2.05) is 60.7 Å². The Morgan fingerprint density at radius 3 is 1.53 bits per heavy atom. The second-order valence-corrected chi connectivity index (χ2v) is 11.2. The molecule has 0 spiro atoms. The Bertz CT molecular complexity index is 2480. The maximum Gasteiger partial charge on any atom is 0.193 e. The number of hydrogen-bond donors (Lipinski definition) is 1. The first-order valence-corrected chi connectivity index (χ1v) is 14.7. The van der Waals surface area contributed by atoms with Crippen molar-refractivity contribution in [3.63, 3.8) is 0 Å². The third-order valence-electron chi connectivity index (χ3n) is 8.35. The molecule has 0 saturated carbocycles. The van der Waals surface area contributed by atoms with E-state index in [4.69, 9.17) is 13.6 Å². The molecule has 0 saturated heterocycles. The summed E-state index contributed by atoms with van der Waals surface area (Å²) in [5.74, 6) is 0.0867. The van der Waals surface area contributed by atoms with Gasteiger partial charge >= 0.3 is 0 Å². The molecule has 2 aromatic heterocycles. The number of aliphatic hydroxyl groups is 1. The van der Waals surface area contributed by atoms with Gasteiger partial charge in [-0.15, -0.1) is 0 Å². The number of hydrogen-bond acceptors (Lipinski definition) is 8. The van der Waals surface area contributed by atoms with E-state index in [1.165, 1.54) is 55.7 Å². The summed E-state index contributed by atoms with van der Waals surface area (Å²) in [4.78, 5) is 48.0. The highest BCUT2D eigenvalue weighted by atomic mass is 16.5. The zero-order valence-electron chi connectivity index (χ0n) is 25.0. The van der Waals surface area contributed by atoms with Gasteiger partial charge in [-0.3, -0.25) is 19.2 Å². The van der Waals surface area contributed by atoms with E-state index < -0.39 is 11.2 Å². The SMILES string of the molecule is COC1(c2cc(=O)c3c(ccc4ccccc43)o2)C=CC(=O)C=C1.O=C1C=CC(O)(c2cc(=O)c3c(ccc4ccccc43)o2)C=C1. The minimum Gasteiger partial charge on any atom is -0.457 e. The van der Waals surface area contributed by atoms with Crippen LogP contribution in [0.3, 0.4) is 0 Å². The molecule has 8 nitrogen and oxygen atoms in total. The normalized spacial score (nSPS) is 16.2. The zero-order chi connectivity index (χ0) is 32.8. The van der Waals surface area contributed by atoms with Crippen LogP contribution in [0.25, 0.3) is 43.5 Å². The molecule has 0 radical (unpaired) electrons. The van der Waals surface area contributed by atoms with Crippen LogP contribution in [0.15, 0.2) is 152 Å². The van der Waals surface area contributed by atoms with E-state index >= 15 is 0 Å². The summed E-state index contributed by atoms with van der Waals surface area (Å²) in [5, 5.41) is 15.2. The molecule has 0 amide bonds. The lowest BCUT2D eigenvalue weighted by atomic mass is 9.93. The average molecular weight is 623 g/mol. The van der Waals surface area contributed by atoms with Crippen LogP contribution in [0.1, 0.15) is 11.5 Å². The second-order valence-electron chi connectivity index (χ2n) is 11.2. The predicted octanol–water partition coefficient (Wildman–Crippen LogP) is 6.31. The quantitative estimate of drug-likeness (QED) is 0.228. The standard InChI is InChI=1S/C20H14O4.C19H12O4/c1-23-20(10-8-14(21)9-11-20)18-12-16(22)19-15-5-3-2-4-13(15)6-7-17(19)24-18;20-13-7-9-19(22,10-8-13)17-11-15(21)18-14-4-2-1-3-12(14)5-6-16(18)23-17/h2-12H,1H3;1-11,22H. The number of rotatable bonds is 3. The Balaban J connectivity index is 0.000000150. The van der Waals surface area contributed by atoms with Crippen LogP contribution in [-0.2, 0) is 25.5 Å². The van der Waals surface area contributed by atoms with E-state index in [1.54, 1.807) is 24.3 Å². The number of ether oxygens (including phenoxy) is 1. The minimum absolute atomic E-state index is 0.0882. The summed E-state index contributed by atoms with van der Waals surface area (Å²) < 4.78 is 17.3. The van der Waals surface area contributed by atoms with Crippen LogP contribution >= 0.6 is 0 Å². The van der Waals surface area contributed by atoms with E-state index in [0.29, 0.717) is 27.7 Å². The van der Waals surface area contributed by atoms with Crippen molar-refractivity contribution in [1.82, 2.24) is 0 Å². The highest BCUT2D eigenvalue weighted by Crippen LogP contribution is 2.33. The molecule has 0 unspecified atom stereocenters. The summed E-state index contributed by atoms with van der Waals surface area (Å²) in [7, 11) is 1.51. The molecule has 2 heterocycles. The van der Waals surface area contributed by atoms with Crippen molar-refractivity contribution in [1.29, 1.82) is 0 Å². The zero-order valence-corrected chi connectivity index (χ0v) is 25.0. The molecular formula is C39H26O8. The first kappa shape index (κ1) is 29.7. The Morgan fingerprint density at radius 1 is 0.574 bits per heavy atom. The van der Waals surface area contributed by atoms with Gasteiger partial charge in [0.2, 0.25) is 0 Å². The Kier molecular flexibility index (Phi) is 7.24. The molecule has 0 fully saturated rings. The van der Waals surface area contributed by atoms with Crippen molar-refractivity contribution in [2.75, 3.05) is 7.11 Å². The van der Waals surface area contributed by atoms with Gasteiger partial charge in [0.15, 0.2) is 33.6 Å². The molecule has 4 aromatic carbocycles. The lowest BCUT2D eigenvalue weighted by molar-refractivity contribution is -0.111. The van der Waals surface area contributed by atoms with Gasteiger partial charge in [0.1, 0.15) is 22.7 Å². The van der Waals surface area contributed by atoms with Crippen LogP contribution < -0.4 is 10.9 Å². The highest BCUT2D eigenvalue weighted by Gasteiger charge is 2.33. The molecule has 2 aliphatic carbocycles. The van der Waals surface area contributed by atoms with Crippen molar-refractivity contribution in [2.24, 2.45) is 0 Å². The molecule has 0 atom stereocenters. The van der Waals surface area contributed by atoms with Crippen LogP contribution in [0, 0.1) is 0 Å². The lowest BCUT2D eigenvalue weighted by Gasteiger charge is -2.26. The topological polar surface area (TPSA) is 124 Å². The fourth-order valence-corrected chi connectivity index (χ4v) is 5.87. The highest BCUT2D eigenvalue weighted by molar-refractivity contribution is 6.06. The molecule has 8 heteroatoms. The first-order chi connectivity index (χ1) is 22.7. The van der Waals surface area contributed by atoms with Crippen LogP contribution in [0.4, 0.5) is 0 Å². The number of carbonyl (C=O) groups is 2. The smallest absolute Gasteiger partial charge is 0.193 e. The van der Waals surface area contributed by atoms with Crippen molar-refractivity contribution >= 4 is 55.0 Å². The summed E-state index contributed by atoms with van der Waals surface area (Å²) in [5.41, 5.74) is -2.12. The largest absolute Gasteiger partial charge is 0.457 e. The van der Waals surface area contributed by atoms with Crippen LogP contribution in [0.2, 0.25) is 0 Å². The van der Waals surface area contributed by atoms with Crippen molar-refractivity contribution < 1.29 is 28.3 Å². The molecule has 0 aliphatic heterocycles. The van der Waals surface area contributed by atoms with Crippen molar-refractivity contribution in [2.45, 2.75) is 11.2 Å². The molecule has 47 heavy (non-hydrogen) atoms. The average Bonchev–Trinajstić information content (AvgIpc) is 3.10. The molecule has 230 valence electrons. The minimum atomic E-state index is -1.59. The molecule has 2 aliphatic rings. The van der Waals surface area contributed by atoms with Crippen molar-refractivity contribution in [3.8, 4) is 0 Å². The third-order valence-corrected chi connectivity index (χ3v) is 8.35. The monoisotopic (exact) mass is 622 g/mol. The predicted molar refractivity (Wildman–Crippen MR) is 179 cm³/mol. The van der Waals surface area contributed by atoms with Gasteiger partial charge in [-0.25, -0.2) is 0 Å². The van der Waals surface area contributed by atoms with Crippen LogP contribution in [0.5, 0.6) is 0 Å². The van der Waals surface area contributed by atoms with Gasteiger partial charge in [0, 0.05) is 19.2 Å². The molecule has 0 bridgehead atoms. The van der Waals surface area contributed by atoms with Gasteiger partial charge in [0.05, 0.1) is 10.8 Å². The number of allylic oxidation sites excluding steroid dienone is 4. The number of carbonyl (C=O) groups excluding carboxylic acids is 2. The van der Waals surface area contributed by atoms with Gasteiger partial charge in [-0.1, -0.05) is 60.7 Å². The molecular weight excluding hydrogens is 596 g/mol. The molecule has 6 aromatic rings. The van der Waals surface area contributed by atoms with Crippen LogP contribution in [-0.4, -0.2) is 23.8 Å². The van der Waals surface area contributed by atoms with Gasteiger partial charge in [-0.2, -0.15) is 0 Å². The Labute approximate surface area is 266 Å². The summed E-state index contributed by atoms with van der Waals surface area (Å²) in [6.07, 6.45) is 11.2. The number of benzene rings is 4. The molecule has 1 N–H and O–H groups in total. The Hall–Kier alpha value is -5.96. The Morgan fingerprint density at radius 2 is 1.02 bits per heavy atom. The van der Waals surface area contributed by atoms with E-state index in [-0.39, 0.29) is 28.2 Å².